The molecular weight excluding hydrogens is 285 g/mol. The third-order valence-corrected chi connectivity index (χ3v) is 4.16. The molecule has 102 valence electrons. The highest BCUT2D eigenvalue weighted by molar-refractivity contribution is 7.17. The summed E-state index contributed by atoms with van der Waals surface area (Å²) in [5.41, 5.74) is 6.18. The number of carbonyl (C=O) groups is 2. The molecule has 0 unspecified atom stereocenters. The van der Waals surface area contributed by atoms with Gasteiger partial charge in [0, 0.05) is 21.6 Å². The Hall–Kier alpha value is -2.41. The van der Waals surface area contributed by atoms with Gasteiger partial charge < -0.3 is 15.6 Å². The minimum atomic E-state index is -1.06. The van der Waals surface area contributed by atoms with E-state index in [0.29, 0.717) is 16.0 Å². The molecular formula is C13H8FNO4S. The maximum Gasteiger partial charge on any atom is 0.345 e. The van der Waals surface area contributed by atoms with Crippen molar-refractivity contribution in [2.75, 3.05) is 0 Å². The molecule has 3 rings (SSSR count). The van der Waals surface area contributed by atoms with E-state index in [9.17, 15) is 14.0 Å². The van der Waals surface area contributed by atoms with Gasteiger partial charge in [-0.15, -0.1) is 11.3 Å². The number of primary amides is 1. The minimum absolute atomic E-state index is 0.0151. The Morgan fingerprint density at radius 3 is 2.75 bits per heavy atom. The number of carbonyl (C=O) groups excluding carboxylic acids is 1. The summed E-state index contributed by atoms with van der Waals surface area (Å²) in [7, 11) is 0. The molecule has 0 spiro atoms. The fourth-order valence-corrected chi connectivity index (χ4v) is 3.09. The number of carboxylic acids is 1. The molecule has 0 fully saturated rings. The Balaban J connectivity index is 2.24. The van der Waals surface area contributed by atoms with E-state index in [0.717, 1.165) is 17.4 Å². The predicted octanol–water partition coefficient (Wildman–Crippen LogP) is 2.24. The van der Waals surface area contributed by atoms with Crippen molar-refractivity contribution >= 4 is 23.2 Å². The van der Waals surface area contributed by atoms with Crippen LogP contribution in [0.1, 0.15) is 25.6 Å². The maximum absolute atomic E-state index is 13.9. The first-order valence-corrected chi connectivity index (χ1v) is 6.41. The molecule has 0 atom stereocenters. The lowest BCUT2D eigenvalue weighted by Gasteiger charge is -2.18. The third-order valence-electron chi connectivity index (χ3n) is 2.96. The van der Waals surface area contributed by atoms with Crippen LogP contribution in [0.15, 0.2) is 18.2 Å². The molecule has 0 saturated heterocycles. The highest BCUT2D eigenvalue weighted by Crippen LogP contribution is 2.44. The summed E-state index contributed by atoms with van der Waals surface area (Å²) in [6.45, 7) is 0.0962. The van der Waals surface area contributed by atoms with Crippen molar-refractivity contribution < 1.29 is 23.8 Å². The van der Waals surface area contributed by atoms with E-state index in [4.69, 9.17) is 15.6 Å². The van der Waals surface area contributed by atoms with Crippen LogP contribution >= 0.6 is 11.3 Å². The summed E-state index contributed by atoms with van der Waals surface area (Å²) >= 11 is 1.02. The lowest BCUT2D eigenvalue weighted by Crippen LogP contribution is -2.13. The zero-order chi connectivity index (χ0) is 14.4. The number of aromatic carboxylic acids is 1. The second kappa shape index (κ2) is 4.31. The number of benzene rings is 1. The van der Waals surface area contributed by atoms with Crippen molar-refractivity contribution in [1.29, 1.82) is 0 Å². The summed E-state index contributed by atoms with van der Waals surface area (Å²) < 4.78 is 19.2. The smallest absolute Gasteiger partial charge is 0.345 e. The minimum Gasteiger partial charge on any atom is -0.485 e. The molecule has 0 saturated carbocycles. The Morgan fingerprint density at radius 1 is 1.35 bits per heavy atom. The molecule has 1 aromatic heterocycles. The fourth-order valence-electron chi connectivity index (χ4n) is 2.07. The first-order valence-electron chi connectivity index (χ1n) is 5.60. The van der Waals surface area contributed by atoms with Gasteiger partial charge in [0.2, 0.25) is 5.91 Å². The van der Waals surface area contributed by atoms with Gasteiger partial charge in [-0.05, 0) is 18.2 Å². The number of amides is 1. The van der Waals surface area contributed by atoms with Crippen LogP contribution < -0.4 is 10.5 Å². The van der Waals surface area contributed by atoms with Crippen LogP contribution in [-0.4, -0.2) is 17.0 Å². The van der Waals surface area contributed by atoms with Gasteiger partial charge in [-0.2, -0.15) is 0 Å². The number of carboxylic acid groups (broad SMARTS) is 1. The van der Waals surface area contributed by atoms with E-state index >= 15 is 0 Å². The molecule has 0 radical (unpaired) electrons. The van der Waals surface area contributed by atoms with E-state index in [1.165, 1.54) is 12.1 Å². The Bertz CT molecular complexity index is 753. The van der Waals surface area contributed by atoms with Crippen LogP contribution in [0.3, 0.4) is 0 Å². The molecule has 7 heteroatoms. The van der Waals surface area contributed by atoms with Crippen LogP contribution in [0.4, 0.5) is 4.39 Å². The van der Waals surface area contributed by atoms with Crippen molar-refractivity contribution in [3.8, 4) is 16.2 Å². The highest BCUT2D eigenvalue weighted by Gasteiger charge is 2.26. The van der Waals surface area contributed by atoms with Crippen molar-refractivity contribution in [1.82, 2.24) is 0 Å². The average molecular weight is 293 g/mol. The van der Waals surface area contributed by atoms with Crippen molar-refractivity contribution in [2.24, 2.45) is 5.73 Å². The highest BCUT2D eigenvalue weighted by atomic mass is 32.1. The molecule has 2 aromatic rings. The zero-order valence-corrected chi connectivity index (χ0v) is 10.8. The average Bonchev–Trinajstić information content (AvgIpc) is 2.82. The number of nitrogens with two attached hydrogens (primary N) is 1. The van der Waals surface area contributed by atoms with E-state index in [1.807, 2.05) is 0 Å². The van der Waals surface area contributed by atoms with Crippen LogP contribution in [0.25, 0.3) is 10.4 Å². The molecule has 0 bridgehead atoms. The summed E-state index contributed by atoms with van der Waals surface area (Å²) in [5, 5.41) is 9.00. The lowest BCUT2D eigenvalue weighted by atomic mass is 10.0. The molecule has 20 heavy (non-hydrogen) atoms. The molecule has 1 amide bonds. The fraction of sp³-hybridized carbons (Fsp3) is 0.0769. The summed E-state index contributed by atoms with van der Waals surface area (Å²) in [6.07, 6.45) is 0. The second-order valence-electron chi connectivity index (χ2n) is 4.26. The summed E-state index contributed by atoms with van der Waals surface area (Å²) in [5.74, 6) is -2.49. The number of halogens is 1. The molecule has 1 aliphatic heterocycles. The molecule has 3 N–H and O–H groups in total. The molecule has 0 aliphatic carbocycles. The molecule has 1 aromatic carbocycles. The second-order valence-corrected chi connectivity index (χ2v) is 5.31. The van der Waals surface area contributed by atoms with Crippen LogP contribution in [0.5, 0.6) is 5.75 Å². The molecule has 1 aliphatic rings. The van der Waals surface area contributed by atoms with Crippen molar-refractivity contribution in [3.63, 3.8) is 0 Å². The quantitative estimate of drug-likeness (QED) is 0.888. The summed E-state index contributed by atoms with van der Waals surface area (Å²) in [4.78, 5) is 22.9. The lowest BCUT2D eigenvalue weighted by molar-refractivity contribution is 0.0701. The van der Waals surface area contributed by atoms with Crippen molar-refractivity contribution in [3.05, 3.63) is 40.0 Å². The number of hydrogen-bond acceptors (Lipinski definition) is 4. The van der Waals surface area contributed by atoms with Gasteiger partial charge >= 0.3 is 5.97 Å². The van der Waals surface area contributed by atoms with Crippen LogP contribution in [0, 0.1) is 5.82 Å². The maximum atomic E-state index is 13.9. The largest absolute Gasteiger partial charge is 0.485 e. The third kappa shape index (κ3) is 1.83. The number of fused-ring (bicyclic) bond motifs is 3. The van der Waals surface area contributed by atoms with Gasteiger partial charge in [-0.3, -0.25) is 4.79 Å². The first kappa shape index (κ1) is 12.6. The zero-order valence-electron chi connectivity index (χ0n) is 9.97. The van der Waals surface area contributed by atoms with E-state index in [-0.39, 0.29) is 22.8 Å². The van der Waals surface area contributed by atoms with Gasteiger partial charge in [-0.1, -0.05) is 0 Å². The Morgan fingerprint density at radius 2 is 2.10 bits per heavy atom. The van der Waals surface area contributed by atoms with Gasteiger partial charge in [0.15, 0.2) is 11.6 Å². The standard InChI is InChI=1S/C13H8FNO4S/c14-8-2-5(12(15)16)1-7-10(8)19-4-6-3-9(13(17)18)20-11(6)7/h1-3H,4H2,(H2,15,16)(H,17,18). The van der Waals surface area contributed by atoms with Crippen molar-refractivity contribution in [2.45, 2.75) is 6.61 Å². The van der Waals surface area contributed by atoms with Crippen LogP contribution in [0.2, 0.25) is 0 Å². The van der Waals surface area contributed by atoms with Crippen LogP contribution in [-0.2, 0) is 6.61 Å². The monoisotopic (exact) mass is 293 g/mol. The van der Waals surface area contributed by atoms with Gasteiger partial charge in [-0.25, -0.2) is 9.18 Å². The summed E-state index contributed by atoms with van der Waals surface area (Å²) in [6, 6.07) is 3.92. The SMILES string of the molecule is NC(=O)c1cc(F)c2c(c1)-c1sc(C(=O)O)cc1CO2. The van der Waals surface area contributed by atoms with Gasteiger partial charge in [0.05, 0.1) is 0 Å². The Labute approximate surface area is 116 Å². The number of rotatable bonds is 2. The molecule has 2 heterocycles. The molecule has 5 nitrogen and oxygen atoms in total. The Kier molecular flexibility index (Phi) is 2.72. The number of ether oxygens (including phenoxy) is 1. The number of thiophene rings is 1. The number of hydrogen-bond donors (Lipinski definition) is 2. The van der Waals surface area contributed by atoms with Gasteiger partial charge in [0.1, 0.15) is 11.5 Å². The van der Waals surface area contributed by atoms with E-state index in [1.54, 1.807) is 0 Å². The van der Waals surface area contributed by atoms with E-state index in [2.05, 4.69) is 0 Å². The van der Waals surface area contributed by atoms with Gasteiger partial charge in [0.25, 0.3) is 0 Å². The normalized spacial score (nSPS) is 12.2. The topological polar surface area (TPSA) is 89.6 Å². The van der Waals surface area contributed by atoms with E-state index < -0.39 is 17.7 Å². The predicted molar refractivity (Wildman–Crippen MR) is 69.5 cm³/mol. The first-order chi connectivity index (χ1) is 9.47.